The normalized spacial score (nSPS) is 11.2. The van der Waals surface area contributed by atoms with Crippen molar-refractivity contribution < 1.29 is 4.39 Å². The molecular weight excluding hydrogens is 502 g/mol. The first kappa shape index (κ1) is 23.3. The van der Waals surface area contributed by atoms with E-state index in [1.807, 2.05) is 25.4 Å². The first-order valence-electron chi connectivity index (χ1n) is 9.38. The monoisotopic (exact) mass is 528 g/mol. The van der Waals surface area contributed by atoms with Gasteiger partial charge in [0, 0.05) is 49.7 Å². The largest absolute Gasteiger partial charge is 0.357 e. The van der Waals surface area contributed by atoms with E-state index < -0.39 is 0 Å². The van der Waals surface area contributed by atoms with Crippen LogP contribution < -0.4 is 10.6 Å². The maximum atomic E-state index is 13.0. The third-order valence-corrected chi connectivity index (χ3v) is 4.99. The summed E-state index contributed by atoms with van der Waals surface area (Å²) in [6, 6.07) is 8.27. The van der Waals surface area contributed by atoms with Crippen LogP contribution in [-0.4, -0.2) is 40.4 Å². The number of nitrogens with zero attached hydrogens (tertiary/aromatic N) is 4. The SMILES string of the molecule is CCNC(=NCCc1ncc(C)s1)NCCc1ccn(-c2ccc(F)cc2)n1.I. The molecule has 156 valence electrons. The minimum atomic E-state index is -0.249. The minimum Gasteiger partial charge on any atom is -0.357 e. The second-order valence-electron chi connectivity index (χ2n) is 6.28. The molecular formula is C20H26FIN6S. The molecule has 29 heavy (non-hydrogen) atoms. The van der Waals surface area contributed by atoms with Crippen LogP contribution in [0.3, 0.4) is 0 Å². The van der Waals surface area contributed by atoms with Gasteiger partial charge in [0.15, 0.2) is 5.96 Å². The van der Waals surface area contributed by atoms with Gasteiger partial charge in [-0.15, -0.1) is 35.3 Å². The number of thiazole rings is 1. The van der Waals surface area contributed by atoms with Crippen molar-refractivity contribution in [2.75, 3.05) is 19.6 Å². The molecule has 2 N–H and O–H groups in total. The van der Waals surface area contributed by atoms with Crippen LogP contribution in [0.2, 0.25) is 0 Å². The van der Waals surface area contributed by atoms with E-state index in [0.717, 1.165) is 48.3 Å². The highest BCUT2D eigenvalue weighted by Gasteiger charge is 2.04. The Kier molecular flexibility index (Phi) is 9.52. The summed E-state index contributed by atoms with van der Waals surface area (Å²) in [7, 11) is 0. The van der Waals surface area contributed by atoms with Gasteiger partial charge in [0.2, 0.25) is 0 Å². The molecule has 0 atom stereocenters. The molecule has 2 heterocycles. The lowest BCUT2D eigenvalue weighted by Gasteiger charge is -2.10. The zero-order chi connectivity index (χ0) is 19.8. The Bertz CT molecular complexity index is 906. The van der Waals surface area contributed by atoms with E-state index in [0.29, 0.717) is 6.54 Å². The second kappa shape index (κ2) is 11.9. The van der Waals surface area contributed by atoms with Gasteiger partial charge in [-0.2, -0.15) is 5.10 Å². The number of nitrogens with one attached hydrogen (secondary N) is 2. The molecule has 6 nitrogen and oxygen atoms in total. The molecule has 0 radical (unpaired) electrons. The molecule has 2 aromatic heterocycles. The predicted molar refractivity (Wildman–Crippen MR) is 127 cm³/mol. The van der Waals surface area contributed by atoms with Gasteiger partial charge in [0.05, 0.1) is 16.4 Å². The Morgan fingerprint density at radius 1 is 1.17 bits per heavy atom. The number of aryl methyl sites for hydroxylation is 1. The van der Waals surface area contributed by atoms with Crippen molar-refractivity contribution in [1.29, 1.82) is 0 Å². The van der Waals surface area contributed by atoms with Crippen LogP contribution in [0.25, 0.3) is 5.69 Å². The Morgan fingerprint density at radius 3 is 2.66 bits per heavy atom. The molecule has 3 aromatic rings. The summed E-state index contributed by atoms with van der Waals surface area (Å²) in [6.07, 6.45) is 5.40. The quantitative estimate of drug-likeness (QED) is 0.266. The van der Waals surface area contributed by atoms with Gasteiger partial charge in [-0.3, -0.25) is 4.99 Å². The molecule has 9 heteroatoms. The Morgan fingerprint density at radius 2 is 1.97 bits per heavy atom. The van der Waals surface area contributed by atoms with Crippen LogP contribution in [0.5, 0.6) is 0 Å². The third-order valence-electron chi connectivity index (χ3n) is 4.02. The molecule has 0 aliphatic carbocycles. The summed E-state index contributed by atoms with van der Waals surface area (Å²) in [6.45, 7) is 6.34. The fraction of sp³-hybridized carbons (Fsp3) is 0.350. The van der Waals surface area contributed by atoms with Gasteiger partial charge in [0.25, 0.3) is 0 Å². The summed E-state index contributed by atoms with van der Waals surface area (Å²) in [4.78, 5) is 10.2. The highest BCUT2D eigenvalue weighted by Crippen LogP contribution is 2.11. The maximum Gasteiger partial charge on any atom is 0.191 e. The Hall–Kier alpha value is -2.01. The van der Waals surface area contributed by atoms with Crippen molar-refractivity contribution in [3.05, 3.63) is 64.1 Å². The first-order chi connectivity index (χ1) is 13.6. The van der Waals surface area contributed by atoms with Crippen molar-refractivity contribution in [2.45, 2.75) is 26.7 Å². The molecule has 0 amide bonds. The number of guanidine groups is 1. The highest BCUT2D eigenvalue weighted by atomic mass is 127. The maximum absolute atomic E-state index is 13.0. The molecule has 1 aromatic carbocycles. The lowest BCUT2D eigenvalue weighted by molar-refractivity contribution is 0.627. The number of benzene rings is 1. The van der Waals surface area contributed by atoms with Gasteiger partial charge >= 0.3 is 0 Å². The van der Waals surface area contributed by atoms with Crippen molar-refractivity contribution in [3.63, 3.8) is 0 Å². The highest BCUT2D eigenvalue weighted by molar-refractivity contribution is 14.0. The van der Waals surface area contributed by atoms with Crippen LogP contribution >= 0.6 is 35.3 Å². The fourth-order valence-corrected chi connectivity index (χ4v) is 3.44. The summed E-state index contributed by atoms with van der Waals surface area (Å²) in [5.74, 6) is 0.550. The van der Waals surface area contributed by atoms with Crippen molar-refractivity contribution in [3.8, 4) is 5.69 Å². The van der Waals surface area contributed by atoms with E-state index in [9.17, 15) is 4.39 Å². The molecule has 0 unspecified atom stereocenters. The van der Waals surface area contributed by atoms with Crippen LogP contribution in [-0.2, 0) is 12.8 Å². The average Bonchev–Trinajstić information content (AvgIpc) is 3.31. The van der Waals surface area contributed by atoms with Crippen molar-refractivity contribution in [1.82, 2.24) is 25.4 Å². The lowest BCUT2D eigenvalue weighted by atomic mass is 10.3. The van der Waals surface area contributed by atoms with E-state index in [1.54, 1.807) is 28.2 Å². The van der Waals surface area contributed by atoms with E-state index in [4.69, 9.17) is 0 Å². The number of hydrogen-bond acceptors (Lipinski definition) is 4. The smallest absolute Gasteiger partial charge is 0.191 e. The van der Waals surface area contributed by atoms with Gasteiger partial charge in [-0.1, -0.05) is 0 Å². The molecule has 0 saturated heterocycles. The zero-order valence-corrected chi connectivity index (χ0v) is 19.7. The average molecular weight is 528 g/mol. The van der Waals surface area contributed by atoms with Gasteiger partial charge in [-0.05, 0) is 44.2 Å². The van der Waals surface area contributed by atoms with Gasteiger partial charge in [0.1, 0.15) is 5.82 Å². The van der Waals surface area contributed by atoms with Crippen LogP contribution in [0, 0.1) is 12.7 Å². The number of aliphatic imine (C=N–C) groups is 1. The van der Waals surface area contributed by atoms with Crippen molar-refractivity contribution in [2.24, 2.45) is 4.99 Å². The summed E-state index contributed by atoms with van der Waals surface area (Å²) in [5.41, 5.74) is 1.80. The van der Waals surface area contributed by atoms with Crippen molar-refractivity contribution >= 4 is 41.3 Å². The summed E-state index contributed by atoms with van der Waals surface area (Å²) < 4.78 is 14.8. The minimum absolute atomic E-state index is 0. The topological polar surface area (TPSA) is 67.1 Å². The molecule has 0 saturated carbocycles. The molecule has 0 aliphatic heterocycles. The predicted octanol–water partition coefficient (Wildman–Crippen LogP) is 3.73. The van der Waals surface area contributed by atoms with E-state index in [-0.39, 0.29) is 29.8 Å². The van der Waals surface area contributed by atoms with Gasteiger partial charge < -0.3 is 10.6 Å². The van der Waals surface area contributed by atoms with Gasteiger partial charge in [-0.25, -0.2) is 14.1 Å². The summed E-state index contributed by atoms with van der Waals surface area (Å²) >= 11 is 1.72. The van der Waals surface area contributed by atoms with Crippen LogP contribution in [0.1, 0.15) is 22.5 Å². The Balaban J connectivity index is 0.00000300. The second-order valence-corrected chi connectivity index (χ2v) is 7.60. The molecule has 0 fully saturated rings. The van der Waals surface area contributed by atoms with Crippen LogP contribution in [0.4, 0.5) is 4.39 Å². The third kappa shape index (κ3) is 7.39. The molecule has 3 rings (SSSR count). The number of hydrogen-bond donors (Lipinski definition) is 2. The first-order valence-corrected chi connectivity index (χ1v) is 10.2. The van der Waals surface area contributed by atoms with E-state index in [2.05, 4.69) is 32.6 Å². The standard InChI is InChI=1S/C20H25FN6S.HI/c1-3-22-20(24-12-9-19-25-14-15(2)28-19)23-11-8-17-10-13-27(26-17)18-6-4-16(21)5-7-18;/h4-7,10,13-14H,3,8-9,11-12H2,1-2H3,(H2,22,23,24);1H. The number of rotatable bonds is 8. The van der Waals surface area contributed by atoms with E-state index in [1.165, 1.54) is 17.0 Å². The number of halogens is 2. The Labute approximate surface area is 191 Å². The summed E-state index contributed by atoms with van der Waals surface area (Å²) in [5, 5.41) is 12.3. The fourth-order valence-electron chi connectivity index (χ4n) is 2.66. The van der Waals surface area contributed by atoms with Crippen LogP contribution in [0.15, 0.2) is 47.7 Å². The molecule has 0 spiro atoms. The lowest BCUT2D eigenvalue weighted by Crippen LogP contribution is -2.38. The zero-order valence-electron chi connectivity index (χ0n) is 16.6. The molecule has 0 bridgehead atoms. The molecule has 0 aliphatic rings. The van der Waals surface area contributed by atoms with E-state index >= 15 is 0 Å². The number of aromatic nitrogens is 3.